The van der Waals surface area contributed by atoms with Crippen molar-refractivity contribution in [2.24, 2.45) is 5.92 Å². The third-order valence-electron chi connectivity index (χ3n) is 2.49. The summed E-state index contributed by atoms with van der Waals surface area (Å²) in [6, 6.07) is 0. The number of nitrogens with zero attached hydrogens (tertiary/aromatic N) is 2. The highest BCUT2D eigenvalue weighted by atomic mass is 32.1. The van der Waals surface area contributed by atoms with Gasteiger partial charge in [0.05, 0.1) is 11.5 Å². The molecule has 7 heteroatoms. The van der Waals surface area contributed by atoms with Gasteiger partial charge in [-0.2, -0.15) is 0 Å². The Balaban J connectivity index is 1.81. The number of rotatable bonds is 4. The van der Waals surface area contributed by atoms with Crippen LogP contribution in [0, 0.1) is 16.0 Å². The Morgan fingerprint density at radius 1 is 1.75 bits per heavy atom. The first-order valence-corrected chi connectivity index (χ1v) is 6.01. The minimum absolute atomic E-state index is 0.0248. The van der Waals surface area contributed by atoms with Crippen molar-refractivity contribution in [3.63, 3.8) is 0 Å². The van der Waals surface area contributed by atoms with Crippen LogP contribution >= 0.6 is 11.3 Å². The van der Waals surface area contributed by atoms with E-state index in [2.05, 4.69) is 10.3 Å². The van der Waals surface area contributed by atoms with Gasteiger partial charge in [-0.3, -0.25) is 10.1 Å². The topological polar surface area (TPSA) is 77.3 Å². The van der Waals surface area contributed by atoms with Crippen molar-refractivity contribution in [2.75, 3.05) is 19.7 Å². The number of aromatic nitrogens is 1. The van der Waals surface area contributed by atoms with E-state index in [9.17, 15) is 10.1 Å². The summed E-state index contributed by atoms with van der Waals surface area (Å²) < 4.78 is 5.44. The van der Waals surface area contributed by atoms with Crippen LogP contribution in [0.3, 0.4) is 0 Å². The number of hydrogen-bond donors (Lipinski definition) is 1. The van der Waals surface area contributed by atoms with Crippen LogP contribution in [0.25, 0.3) is 0 Å². The van der Waals surface area contributed by atoms with Gasteiger partial charge in [-0.15, -0.1) is 0 Å². The van der Waals surface area contributed by atoms with Crippen LogP contribution in [0.4, 0.5) is 5.00 Å². The lowest BCUT2D eigenvalue weighted by molar-refractivity contribution is -0.380. The molecule has 88 valence electrons. The molecule has 1 fully saturated rings. The molecule has 1 atom stereocenters. The third-order valence-corrected chi connectivity index (χ3v) is 3.36. The van der Waals surface area contributed by atoms with Crippen LogP contribution in [0.2, 0.25) is 0 Å². The molecule has 1 aromatic heterocycles. The second-order valence-electron chi connectivity index (χ2n) is 3.74. The van der Waals surface area contributed by atoms with Gasteiger partial charge >= 0.3 is 5.00 Å². The zero-order chi connectivity index (χ0) is 11.4. The van der Waals surface area contributed by atoms with Gasteiger partial charge in [-0.1, -0.05) is 0 Å². The first kappa shape index (κ1) is 11.3. The van der Waals surface area contributed by atoms with E-state index in [0.717, 1.165) is 37.3 Å². The maximum atomic E-state index is 10.4. The van der Waals surface area contributed by atoms with E-state index in [1.165, 1.54) is 6.20 Å². The van der Waals surface area contributed by atoms with E-state index in [1.807, 2.05) is 0 Å². The molecule has 1 unspecified atom stereocenters. The molecule has 16 heavy (non-hydrogen) atoms. The average molecular weight is 243 g/mol. The van der Waals surface area contributed by atoms with Gasteiger partial charge in [-0.25, -0.2) is 4.98 Å². The van der Waals surface area contributed by atoms with E-state index in [-0.39, 0.29) is 5.00 Å². The molecule has 1 aliphatic heterocycles. The Kier molecular flexibility index (Phi) is 3.68. The Bertz CT molecular complexity index is 363. The van der Waals surface area contributed by atoms with E-state index in [0.29, 0.717) is 17.7 Å². The van der Waals surface area contributed by atoms with E-state index in [1.54, 1.807) is 0 Å². The molecular weight excluding hydrogens is 230 g/mol. The largest absolute Gasteiger partial charge is 0.470 e. The molecule has 0 saturated carbocycles. The van der Waals surface area contributed by atoms with E-state index >= 15 is 0 Å². The molecule has 1 saturated heterocycles. The summed E-state index contributed by atoms with van der Waals surface area (Å²) in [5.41, 5.74) is 0. The summed E-state index contributed by atoms with van der Waals surface area (Å²) in [5, 5.41) is 14.1. The Morgan fingerprint density at radius 2 is 2.62 bits per heavy atom. The summed E-state index contributed by atoms with van der Waals surface area (Å²) in [5.74, 6) is 0.483. The van der Waals surface area contributed by atoms with E-state index < -0.39 is 4.92 Å². The molecule has 1 aliphatic rings. The molecule has 0 amide bonds. The van der Waals surface area contributed by atoms with Crippen LogP contribution in [0.15, 0.2) is 6.20 Å². The number of nitro groups is 1. The SMILES string of the molecule is O=[N+]([O-])c1cnc(OCC2CCCNC2)s1. The smallest absolute Gasteiger partial charge is 0.347 e. The van der Waals surface area contributed by atoms with Gasteiger partial charge in [-0.05, 0) is 30.7 Å². The number of piperidine rings is 1. The second-order valence-corrected chi connectivity index (χ2v) is 4.72. The van der Waals surface area contributed by atoms with Crippen LogP contribution < -0.4 is 10.1 Å². The van der Waals surface area contributed by atoms with Crippen LogP contribution in [-0.4, -0.2) is 29.6 Å². The Hall–Kier alpha value is -1.21. The normalized spacial score (nSPS) is 20.6. The van der Waals surface area contributed by atoms with Gasteiger partial charge in [0.25, 0.3) is 5.19 Å². The summed E-state index contributed by atoms with van der Waals surface area (Å²) >= 11 is 0.977. The number of nitrogens with one attached hydrogen (secondary N) is 1. The highest BCUT2D eigenvalue weighted by Crippen LogP contribution is 2.27. The standard InChI is InChI=1S/C9H13N3O3S/c13-12(14)8-5-11-9(16-8)15-6-7-2-1-3-10-4-7/h5,7,10H,1-4,6H2. The summed E-state index contributed by atoms with van der Waals surface area (Å²) in [4.78, 5) is 13.8. The lowest BCUT2D eigenvalue weighted by atomic mass is 10.0. The van der Waals surface area contributed by atoms with Crippen LogP contribution in [0.5, 0.6) is 5.19 Å². The number of hydrogen-bond acceptors (Lipinski definition) is 6. The first-order valence-electron chi connectivity index (χ1n) is 5.19. The highest BCUT2D eigenvalue weighted by molar-refractivity contribution is 7.16. The molecule has 1 aromatic rings. The third kappa shape index (κ3) is 2.89. The molecule has 2 heterocycles. The summed E-state index contributed by atoms with van der Waals surface area (Å²) in [7, 11) is 0. The van der Waals surface area contributed by atoms with Gasteiger partial charge in [0.15, 0.2) is 0 Å². The lowest BCUT2D eigenvalue weighted by Gasteiger charge is -2.21. The number of thiazole rings is 1. The monoisotopic (exact) mass is 243 g/mol. The minimum Gasteiger partial charge on any atom is -0.470 e. The quantitative estimate of drug-likeness (QED) is 0.639. The molecular formula is C9H13N3O3S. The molecule has 0 radical (unpaired) electrons. The average Bonchev–Trinajstić information content (AvgIpc) is 2.76. The lowest BCUT2D eigenvalue weighted by Crippen LogP contribution is -2.32. The molecule has 0 spiro atoms. The predicted molar refractivity (Wildman–Crippen MR) is 59.9 cm³/mol. The fraction of sp³-hybridized carbons (Fsp3) is 0.667. The van der Waals surface area contributed by atoms with Crippen molar-refractivity contribution in [1.82, 2.24) is 10.3 Å². The second kappa shape index (κ2) is 5.22. The van der Waals surface area contributed by atoms with Gasteiger partial charge in [0.1, 0.15) is 6.20 Å². The molecule has 0 bridgehead atoms. The van der Waals surface area contributed by atoms with Crippen LogP contribution in [-0.2, 0) is 0 Å². The summed E-state index contributed by atoms with van der Waals surface area (Å²) in [6.45, 7) is 2.60. The van der Waals surface area contributed by atoms with Crippen molar-refractivity contribution in [3.8, 4) is 5.19 Å². The van der Waals surface area contributed by atoms with Gasteiger partial charge in [0.2, 0.25) is 0 Å². The Morgan fingerprint density at radius 3 is 3.25 bits per heavy atom. The van der Waals surface area contributed by atoms with Crippen molar-refractivity contribution in [1.29, 1.82) is 0 Å². The van der Waals surface area contributed by atoms with Crippen molar-refractivity contribution >= 4 is 16.3 Å². The zero-order valence-corrected chi connectivity index (χ0v) is 9.53. The fourth-order valence-electron chi connectivity index (χ4n) is 1.66. The highest BCUT2D eigenvalue weighted by Gasteiger charge is 2.16. The molecule has 0 aromatic carbocycles. The molecule has 0 aliphatic carbocycles. The van der Waals surface area contributed by atoms with Gasteiger partial charge < -0.3 is 10.1 Å². The van der Waals surface area contributed by atoms with Crippen molar-refractivity contribution in [2.45, 2.75) is 12.8 Å². The van der Waals surface area contributed by atoms with Gasteiger partial charge in [0, 0.05) is 12.5 Å². The fourth-order valence-corrected chi connectivity index (χ4v) is 2.25. The number of ether oxygens (including phenoxy) is 1. The first-order chi connectivity index (χ1) is 7.75. The predicted octanol–water partition coefficient (Wildman–Crippen LogP) is 1.43. The molecule has 2 rings (SSSR count). The van der Waals surface area contributed by atoms with Crippen molar-refractivity contribution < 1.29 is 9.66 Å². The van der Waals surface area contributed by atoms with Crippen LogP contribution in [0.1, 0.15) is 12.8 Å². The molecule has 6 nitrogen and oxygen atoms in total. The minimum atomic E-state index is -0.452. The zero-order valence-electron chi connectivity index (χ0n) is 8.72. The summed E-state index contributed by atoms with van der Waals surface area (Å²) in [6.07, 6.45) is 3.53. The Labute approximate surface area is 96.8 Å². The molecule has 1 N–H and O–H groups in total. The van der Waals surface area contributed by atoms with Crippen molar-refractivity contribution in [3.05, 3.63) is 16.3 Å². The maximum absolute atomic E-state index is 10.4. The maximum Gasteiger partial charge on any atom is 0.347 e. The van der Waals surface area contributed by atoms with E-state index in [4.69, 9.17) is 4.74 Å².